The van der Waals surface area contributed by atoms with Gasteiger partial charge in [-0.1, -0.05) is 35.5 Å². The Hall–Kier alpha value is -3.81. The largest absolute Gasteiger partial charge is 0.461 e. The fourth-order valence-corrected chi connectivity index (χ4v) is 2.44. The molecule has 4 rings (SSSR count). The molecule has 3 heterocycles. The quantitative estimate of drug-likeness (QED) is 0.561. The van der Waals surface area contributed by atoms with Gasteiger partial charge < -0.3 is 14.3 Å². The summed E-state index contributed by atoms with van der Waals surface area (Å²) in [6.07, 6.45) is 5.20. The highest BCUT2D eigenvalue weighted by atomic mass is 16.5. The normalized spacial score (nSPS) is 10.7. The molecule has 0 aliphatic carbocycles. The number of hydrogen-bond acceptors (Lipinski definition) is 7. The molecule has 0 aliphatic heterocycles. The average molecular weight is 361 g/mol. The van der Waals surface area contributed by atoms with Crippen LogP contribution in [0.4, 0.5) is 5.69 Å². The van der Waals surface area contributed by atoms with E-state index in [0.717, 1.165) is 5.56 Å². The predicted molar refractivity (Wildman–Crippen MR) is 96.4 cm³/mol. The lowest BCUT2D eigenvalue weighted by Gasteiger charge is -2.04. The van der Waals surface area contributed by atoms with Gasteiger partial charge in [0.1, 0.15) is 0 Å². The third kappa shape index (κ3) is 4.06. The van der Waals surface area contributed by atoms with Crippen LogP contribution in [0.15, 0.2) is 70.1 Å². The molecular weight excluding hydrogens is 346 g/mol. The number of hydrogen-bond donors (Lipinski definition) is 1. The SMILES string of the molecule is O=C(CCc1nc(-c2ccco2)no1)Nc1cnc(-c2ccccc2)nc1. The number of amides is 1. The van der Waals surface area contributed by atoms with Crippen LogP contribution < -0.4 is 5.32 Å². The first-order chi connectivity index (χ1) is 13.3. The zero-order valence-corrected chi connectivity index (χ0v) is 14.2. The topological polar surface area (TPSA) is 107 Å². The highest BCUT2D eigenvalue weighted by Crippen LogP contribution is 2.17. The molecule has 0 saturated heterocycles. The molecule has 27 heavy (non-hydrogen) atoms. The summed E-state index contributed by atoms with van der Waals surface area (Å²) in [6.45, 7) is 0. The molecule has 0 saturated carbocycles. The lowest BCUT2D eigenvalue weighted by molar-refractivity contribution is -0.116. The standard InChI is InChI=1S/C19H15N5O3/c25-16(8-9-17-23-19(24-27-17)15-7-4-10-26-15)22-14-11-20-18(21-12-14)13-5-2-1-3-6-13/h1-7,10-12H,8-9H2,(H,22,25). The maximum absolute atomic E-state index is 12.1. The van der Waals surface area contributed by atoms with Gasteiger partial charge in [-0.25, -0.2) is 9.97 Å². The minimum Gasteiger partial charge on any atom is -0.461 e. The van der Waals surface area contributed by atoms with Crippen LogP contribution >= 0.6 is 0 Å². The summed E-state index contributed by atoms with van der Waals surface area (Å²) in [5, 5.41) is 6.58. The number of nitrogens with one attached hydrogen (secondary N) is 1. The number of benzene rings is 1. The second kappa shape index (κ2) is 7.61. The van der Waals surface area contributed by atoms with Crippen molar-refractivity contribution in [3.63, 3.8) is 0 Å². The molecule has 1 amide bonds. The van der Waals surface area contributed by atoms with Gasteiger partial charge in [0.05, 0.1) is 24.3 Å². The Kier molecular flexibility index (Phi) is 4.69. The van der Waals surface area contributed by atoms with Crippen molar-refractivity contribution in [3.05, 3.63) is 67.0 Å². The van der Waals surface area contributed by atoms with E-state index in [4.69, 9.17) is 8.94 Å². The number of furan rings is 1. The molecule has 0 radical (unpaired) electrons. The Labute approximate surface area is 154 Å². The van der Waals surface area contributed by atoms with E-state index in [0.29, 0.717) is 35.4 Å². The van der Waals surface area contributed by atoms with Crippen LogP contribution in [0.1, 0.15) is 12.3 Å². The maximum atomic E-state index is 12.1. The van der Waals surface area contributed by atoms with E-state index >= 15 is 0 Å². The lowest BCUT2D eigenvalue weighted by atomic mass is 10.2. The lowest BCUT2D eigenvalue weighted by Crippen LogP contribution is -2.13. The van der Waals surface area contributed by atoms with Gasteiger partial charge in [0.15, 0.2) is 11.6 Å². The number of carbonyl (C=O) groups is 1. The molecule has 0 fully saturated rings. The van der Waals surface area contributed by atoms with Gasteiger partial charge in [0.25, 0.3) is 0 Å². The van der Waals surface area contributed by atoms with E-state index in [1.807, 2.05) is 30.3 Å². The smallest absolute Gasteiger partial charge is 0.238 e. The van der Waals surface area contributed by atoms with Gasteiger partial charge >= 0.3 is 0 Å². The first-order valence-corrected chi connectivity index (χ1v) is 8.32. The molecule has 4 aromatic rings. The Bertz CT molecular complexity index is 1010. The summed E-state index contributed by atoms with van der Waals surface area (Å²) in [7, 11) is 0. The molecule has 134 valence electrons. The van der Waals surface area contributed by atoms with Crippen molar-refractivity contribution in [2.75, 3.05) is 5.32 Å². The average Bonchev–Trinajstić information content (AvgIpc) is 3.39. The van der Waals surface area contributed by atoms with Gasteiger partial charge in [0, 0.05) is 18.4 Å². The second-order valence-corrected chi connectivity index (χ2v) is 5.70. The van der Waals surface area contributed by atoms with Crippen LogP contribution in [0, 0.1) is 0 Å². The third-order valence-corrected chi connectivity index (χ3v) is 3.74. The van der Waals surface area contributed by atoms with Crippen LogP contribution in [0.3, 0.4) is 0 Å². The van der Waals surface area contributed by atoms with Crippen molar-refractivity contribution in [1.29, 1.82) is 0 Å². The Morgan fingerprint density at radius 2 is 1.81 bits per heavy atom. The van der Waals surface area contributed by atoms with Gasteiger partial charge in [-0.05, 0) is 12.1 Å². The third-order valence-electron chi connectivity index (χ3n) is 3.74. The summed E-state index contributed by atoms with van der Waals surface area (Å²) in [6, 6.07) is 13.1. The van der Waals surface area contributed by atoms with Gasteiger partial charge in [-0.3, -0.25) is 4.79 Å². The molecule has 8 nitrogen and oxygen atoms in total. The van der Waals surface area contributed by atoms with Crippen LogP contribution in [-0.2, 0) is 11.2 Å². The fourth-order valence-electron chi connectivity index (χ4n) is 2.44. The highest BCUT2D eigenvalue weighted by molar-refractivity contribution is 5.90. The van der Waals surface area contributed by atoms with Crippen LogP contribution in [-0.4, -0.2) is 26.0 Å². The Morgan fingerprint density at radius 1 is 1.00 bits per heavy atom. The zero-order valence-electron chi connectivity index (χ0n) is 14.2. The van der Waals surface area contributed by atoms with Gasteiger partial charge in [-0.2, -0.15) is 4.98 Å². The van der Waals surface area contributed by atoms with Gasteiger partial charge in [0.2, 0.25) is 17.6 Å². The van der Waals surface area contributed by atoms with E-state index in [2.05, 4.69) is 25.4 Å². The summed E-state index contributed by atoms with van der Waals surface area (Å²) >= 11 is 0. The summed E-state index contributed by atoms with van der Waals surface area (Å²) in [5.41, 5.74) is 1.45. The summed E-state index contributed by atoms with van der Waals surface area (Å²) in [4.78, 5) is 24.9. The molecule has 3 aromatic heterocycles. The van der Waals surface area contributed by atoms with Crippen molar-refractivity contribution < 1.29 is 13.7 Å². The van der Waals surface area contributed by atoms with Crippen molar-refractivity contribution in [3.8, 4) is 23.0 Å². The molecule has 0 aliphatic rings. The second-order valence-electron chi connectivity index (χ2n) is 5.70. The van der Waals surface area contributed by atoms with E-state index in [9.17, 15) is 4.79 Å². The monoisotopic (exact) mass is 361 g/mol. The number of aryl methyl sites for hydroxylation is 1. The van der Waals surface area contributed by atoms with Crippen molar-refractivity contribution in [1.82, 2.24) is 20.1 Å². The molecule has 0 spiro atoms. The Morgan fingerprint density at radius 3 is 2.56 bits per heavy atom. The molecule has 0 atom stereocenters. The zero-order chi connectivity index (χ0) is 18.5. The van der Waals surface area contributed by atoms with E-state index < -0.39 is 0 Å². The molecular formula is C19H15N5O3. The van der Waals surface area contributed by atoms with E-state index in [-0.39, 0.29) is 12.3 Å². The van der Waals surface area contributed by atoms with Crippen LogP contribution in [0.25, 0.3) is 23.0 Å². The van der Waals surface area contributed by atoms with Crippen LogP contribution in [0.2, 0.25) is 0 Å². The number of anilines is 1. The highest BCUT2D eigenvalue weighted by Gasteiger charge is 2.12. The number of nitrogens with zero attached hydrogens (tertiary/aromatic N) is 4. The minimum atomic E-state index is -0.191. The van der Waals surface area contributed by atoms with E-state index in [1.165, 1.54) is 6.26 Å². The Balaban J connectivity index is 1.32. The van der Waals surface area contributed by atoms with Gasteiger partial charge in [-0.15, -0.1) is 0 Å². The van der Waals surface area contributed by atoms with Crippen LogP contribution in [0.5, 0.6) is 0 Å². The molecule has 0 unspecified atom stereocenters. The summed E-state index contributed by atoms with van der Waals surface area (Å²) < 4.78 is 10.3. The first kappa shape index (κ1) is 16.6. The molecule has 1 N–H and O–H groups in total. The number of rotatable bonds is 6. The molecule has 0 bridgehead atoms. The fraction of sp³-hybridized carbons (Fsp3) is 0.105. The maximum Gasteiger partial charge on any atom is 0.238 e. The van der Waals surface area contributed by atoms with Crippen molar-refractivity contribution >= 4 is 11.6 Å². The van der Waals surface area contributed by atoms with Crippen molar-refractivity contribution in [2.45, 2.75) is 12.8 Å². The van der Waals surface area contributed by atoms with Crippen molar-refractivity contribution in [2.24, 2.45) is 0 Å². The number of carbonyl (C=O) groups excluding carboxylic acids is 1. The molecule has 1 aromatic carbocycles. The minimum absolute atomic E-state index is 0.191. The molecule has 8 heteroatoms. The summed E-state index contributed by atoms with van der Waals surface area (Å²) in [5.74, 6) is 1.66. The van der Waals surface area contributed by atoms with E-state index in [1.54, 1.807) is 24.5 Å². The first-order valence-electron chi connectivity index (χ1n) is 8.32. The predicted octanol–water partition coefficient (Wildman–Crippen LogP) is 3.36. The number of aromatic nitrogens is 4.